The fourth-order valence-electron chi connectivity index (χ4n) is 19.1. The van der Waals surface area contributed by atoms with E-state index in [0.29, 0.717) is 37.1 Å². The Balaban J connectivity index is 0.767. The molecule has 6 aromatic rings. The summed E-state index contributed by atoms with van der Waals surface area (Å²) in [7, 11) is 4.94. The lowest BCUT2D eigenvalue weighted by Gasteiger charge is -2.38. The number of hydrogen-bond acceptors (Lipinski definition) is 22. The van der Waals surface area contributed by atoms with Gasteiger partial charge in [-0.15, -0.1) is 10.2 Å². The number of fused-ring (bicyclic) bond motifs is 3. The second-order valence-corrected chi connectivity index (χ2v) is 39.7. The highest BCUT2D eigenvalue weighted by Gasteiger charge is 2.55. The minimum absolute atomic E-state index is 0.00634. The lowest BCUT2D eigenvalue weighted by atomic mass is 9.72. The number of likely N-dealkylation sites (N-methyl/N-ethyl adjacent to an activating group) is 3. The zero-order chi connectivity index (χ0) is 95.5. The van der Waals surface area contributed by atoms with Crippen LogP contribution in [0.15, 0.2) is 115 Å². The molecule has 2 unspecified atom stereocenters. The number of carbonyl (C=O) groups excluding carboxylic acids is 12. The molecule has 712 valence electrons. The standard InChI is InChI=1S/C96H136N24O12/c1-54(100-13)83(122)108-79(94(4,5)6)91(130)115-51-68(46-74(115)89(128)106-72-32-22-28-58-25-18-20-30-70(58)72)118(99)48-65(97)36-39-103-86(125)62-43-63(87(126)104-40-37-66-49-119(113-111-66)69-47-75(90(129)107-73-33-23-29-59-26-19-21-31-71(59)73)116(52-69)92(131)80(95(7,8)9)109-84(123)55(2)101-14)45-64(44-62)88(127)105-41-38-67-50-120(114-112-67)76-53-117(93(132)81(96(10,11)12)110-85(124)56(3)102-15)78(82(98)121)77(76)61-35-34-57-24-16-17-27-60(57)42-61/h16-21,24-27,30-31,43-45,48-50,54-56,61,68-69,72-81,100-102H,22-23,28-29,32-42,46-47,51-53,97,99H2,1-15H3,(H2,98,121)(H,103,125)(H,104,126)(H,105,127)(H,106,128)(H,107,129)(H,108,122)(H,109,123)(H,110,124)/b65-48-/t54-,55-,56-,61?,68-,69-,72+,73+,74-,75-,76+,77?,78-,79+,80+,81+/m0/s1. The molecule has 36 heteroatoms. The Morgan fingerprint density at radius 1 is 0.500 bits per heavy atom. The zero-order valence-corrected chi connectivity index (χ0v) is 78.9. The number of primary amides is 1. The fourth-order valence-corrected chi connectivity index (χ4v) is 19.1. The lowest BCUT2D eigenvalue weighted by Crippen LogP contribution is -2.60. The Hall–Kier alpha value is -12.0. The number of hydrazine groups is 1. The number of amides is 12. The highest BCUT2D eigenvalue weighted by atomic mass is 16.2. The van der Waals surface area contributed by atoms with E-state index < -0.39 is 148 Å². The molecular formula is C96H136N24O12. The molecule has 3 fully saturated rings. The molecule has 16 atom stereocenters. The molecule has 6 aliphatic rings. The number of likely N-dealkylation sites (tertiary alicyclic amines) is 3. The van der Waals surface area contributed by atoms with E-state index in [1.54, 1.807) is 63.7 Å². The molecule has 5 heterocycles. The van der Waals surface area contributed by atoms with Gasteiger partial charge in [-0.05, 0) is 173 Å². The molecular weight excluding hydrogens is 1680 g/mol. The van der Waals surface area contributed by atoms with Gasteiger partial charge in [0.2, 0.25) is 53.2 Å². The van der Waals surface area contributed by atoms with Crippen LogP contribution in [0, 0.1) is 28.1 Å². The molecule has 12 rings (SSSR count). The monoisotopic (exact) mass is 1820 g/mol. The van der Waals surface area contributed by atoms with Crippen molar-refractivity contribution in [3.63, 3.8) is 0 Å². The van der Waals surface area contributed by atoms with Crippen molar-refractivity contribution in [1.29, 1.82) is 0 Å². The number of nitrogens with two attached hydrogens (primary N) is 3. The summed E-state index contributed by atoms with van der Waals surface area (Å²) in [6.45, 7) is 21.7. The Bertz CT molecular complexity index is 5240. The molecule has 2 aromatic heterocycles. The molecule has 3 aliphatic carbocycles. The van der Waals surface area contributed by atoms with Gasteiger partial charge in [-0.2, -0.15) is 0 Å². The molecule has 132 heavy (non-hydrogen) atoms. The summed E-state index contributed by atoms with van der Waals surface area (Å²) in [5.74, 6) is 0.277. The third-order valence-corrected chi connectivity index (χ3v) is 27.1. The number of hydrogen-bond donors (Lipinski definition) is 14. The number of rotatable bonds is 34. The third-order valence-electron chi connectivity index (χ3n) is 27.1. The third kappa shape index (κ3) is 23.5. The summed E-state index contributed by atoms with van der Waals surface area (Å²) < 4.78 is 3.27. The van der Waals surface area contributed by atoms with Gasteiger partial charge in [-0.3, -0.25) is 57.5 Å². The first-order valence-electron chi connectivity index (χ1n) is 46.4. The van der Waals surface area contributed by atoms with Crippen LogP contribution >= 0.6 is 0 Å². The van der Waals surface area contributed by atoms with Crippen molar-refractivity contribution in [2.24, 2.45) is 45.4 Å². The predicted octanol–water partition coefficient (Wildman–Crippen LogP) is 3.48. The van der Waals surface area contributed by atoms with Crippen LogP contribution < -0.4 is 75.8 Å². The topological polar surface area (TPSA) is 490 Å². The van der Waals surface area contributed by atoms with Gasteiger partial charge in [0.1, 0.15) is 36.3 Å². The Morgan fingerprint density at radius 2 is 0.917 bits per heavy atom. The summed E-state index contributed by atoms with van der Waals surface area (Å²) in [6, 6.07) is 17.9. The van der Waals surface area contributed by atoms with Crippen LogP contribution in [0.1, 0.15) is 234 Å². The number of aromatic nitrogens is 6. The van der Waals surface area contributed by atoms with E-state index in [0.717, 1.165) is 59.9 Å². The van der Waals surface area contributed by atoms with Gasteiger partial charge in [0.15, 0.2) is 0 Å². The van der Waals surface area contributed by atoms with Crippen LogP contribution in [0.4, 0.5) is 0 Å². The minimum atomic E-state index is -1.08. The molecule has 36 nitrogen and oxygen atoms in total. The van der Waals surface area contributed by atoms with Crippen LogP contribution in [-0.4, -0.2) is 241 Å². The van der Waals surface area contributed by atoms with E-state index in [-0.39, 0.29) is 129 Å². The van der Waals surface area contributed by atoms with Crippen molar-refractivity contribution in [3.05, 3.63) is 177 Å². The fraction of sp³-hybridized carbons (Fsp3) is 0.562. The van der Waals surface area contributed by atoms with Gasteiger partial charge in [0, 0.05) is 118 Å². The van der Waals surface area contributed by atoms with Crippen molar-refractivity contribution >= 4 is 70.9 Å². The Labute approximate surface area is 772 Å². The van der Waals surface area contributed by atoms with Crippen LogP contribution in [0.25, 0.3) is 0 Å². The zero-order valence-electron chi connectivity index (χ0n) is 78.9. The van der Waals surface area contributed by atoms with Crippen molar-refractivity contribution in [3.8, 4) is 0 Å². The molecule has 12 amide bonds. The maximum atomic E-state index is 15.1. The maximum absolute atomic E-state index is 15.1. The van der Waals surface area contributed by atoms with E-state index in [9.17, 15) is 47.9 Å². The second-order valence-electron chi connectivity index (χ2n) is 39.7. The number of carbonyl (C=O) groups is 12. The smallest absolute Gasteiger partial charge is 0.251 e. The predicted molar refractivity (Wildman–Crippen MR) is 496 cm³/mol. The summed E-state index contributed by atoms with van der Waals surface area (Å²) >= 11 is 0. The van der Waals surface area contributed by atoms with Gasteiger partial charge in [0.05, 0.1) is 59.7 Å². The van der Waals surface area contributed by atoms with Gasteiger partial charge in [-0.25, -0.2) is 15.2 Å². The van der Waals surface area contributed by atoms with Crippen LogP contribution in [0.5, 0.6) is 0 Å². The SMILES string of the molecule is CN[C@@H](C)C(=O)N[C@H](C(=O)N1C[C@@H](n2cc(CCNC(=O)c3cc(C(=O)NCC/C(N)=C/N(N)[C@H]4C[C@@H](C(=O)N[C@@H]5CCCc6ccccc65)N(C(=O)[C@@H](NC(=O)[C@H](C)NC)C(C)(C)C)C4)cc(C(=O)NCCc4cn([C@H]5C[C@@H](C(=O)N[C@@H]6CCCc7ccccc76)N(C(=O)[C@@H](NC(=O)[C@H](C)NC)C(C)(C)C)C5)nn4)c3)nn2)C(C2CCc3ccccc3C2)[C@H]1C(N)=O)C(C)(C)C. The Morgan fingerprint density at radius 3 is 1.38 bits per heavy atom. The summed E-state index contributed by atoms with van der Waals surface area (Å²) in [5, 5.41) is 52.4. The summed E-state index contributed by atoms with van der Waals surface area (Å²) in [4.78, 5) is 177. The molecule has 0 saturated carbocycles. The molecule has 4 aromatic carbocycles. The van der Waals surface area contributed by atoms with Crippen molar-refractivity contribution < 1.29 is 57.5 Å². The number of nitrogens with zero attached hydrogens (tertiary/aromatic N) is 10. The molecule has 0 spiro atoms. The lowest BCUT2D eigenvalue weighted by molar-refractivity contribution is -0.144. The normalized spacial score (nSPS) is 22.2. The highest BCUT2D eigenvalue weighted by molar-refractivity contribution is 6.05. The van der Waals surface area contributed by atoms with E-state index in [1.807, 2.05) is 111 Å². The first-order chi connectivity index (χ1) is 62.6. The summed E-state index contributed by atoms with van der Waals surface area (Å²) in [6.07, 6.45) is 12.4. The first-order valence-corrected chi connectivity index (χ1v) is 46.4. The van der Waals surface area contributed by atoms with Gasteiger partial charge >= 0.3 is 0 Å². The molecule has 17 N–H and O–H groups in total. The van der Waals surface area contributed by atoms with Gasteiger partial charge < -0.3 is 89.7 Å². The average molecular weight is 1820 g/mol. The van der Waals surface area contributed by atoms with E-state index in [2.05, 4.69) is 103 Å². The molecule has 3 aliphatic heterocycles. The van der Waals surface area contributed by atoms with Crippen LogP contribution in [0.2, 0.25) is 0 Å². The van der Waals surface area contributed by atoms with Crippen LogP contribution in [-0.2, 0) is 81.7 Å². The van der Waals surface area contributed by atoms with Crippen molar-refractivity contribution in [1.82, 2.24) is 108 Å². The van der Waals surface area contributed by atoms with E-state index in [4.69, 9.17) is 17.3 Å². The van der Waals surface area contributed by atoms with Gasteiger partial charge in [-0.1, -0.05) is 146 Å². The van der Waals surface area contributed by atoms with E-state index >= 15 is 9.59 Å². The summed E-state index contributed by atoms with van der Waals surface area (Å²) in [5.41, 5.74) is 18.4. The largest absolute Gasteiger partial charge is 0.401 e. The quantitative estimate of drug-likeness (QED) is 0.0203. The second kappa shape index (κ2) is 42.7. The van der Waals surface area contributed by atoms with Crippen molar-refractivity contribution in [2.45, 2.75) is 258 Å². The number of aryl methyl sites for hydroxylation is 3. The first kappa shape index (κ1) is 99.0. The molecule has 3 saturated heterocycles. The maximum Gasteiger partial charge on any atom is 0.251 e. The molecule has 0 bridgehead atoms. The number of benzene rings is 4. The van der Waals surface area contributed by atoms with Crippen molar-refractivity contribution in [2.75, 3.05) is 60.4 Å². The average Bonchev–Trinajstić information content (AvgIpc) is 1.57. The molecule has 0 radical (unpaired) electrons. The van der Waals surface area contributed by atoms with Gasteiger partial charge in [0.25, 0.3) is 17.7 Å². The Kier molecular flexibility index (Phi) is 32.0. The van der Waals surface area contributed by atoms with Crippen LogP contribution in [0.3, 0.4) is 0 Å². The number of nitrogens with one attached hydrogen (secondary N) is 11. The highest BCUT2D eigenvalue weighted by Crippen LogP contribution is 2.45. The minimum Gasteiger partial charge on any atom is -0.401 e. The van der Waals surface area contributed by atoms with E-state index in [1.165, 1.54) is 49.7 Å².